The maximum atomic E-state index is 13.8. The standard InChI is InChI=1S/C14H19F2NO/c1-2-18-14(7-3-4-8-14)13(17)11-6-5-10(15)9-12(11)16/h5-6,9,13H,2-4,7-8,17H2,1H3. The Morgan fingerprint density at radius 3 is 2.56 bits per heavy atom. The average molecular weight is 255 g/mol. The predicted molar refractivity (Wildman–Crippen MR) is 66.1 cm³/mol. The molecule has 0 aliphatic heterocycles. The fourth-order valence-corrected chi connectivity index (χ4v) is 2.84. The van der Waals surface area contributed by atoms with Crippen LogP contribution in [0.4, 0.5) is 8.78 Å². The number of hydrogen-bond acceptors (Lipinski definition) is 2. The van der Waals surface area contributed by atoms with Crippen LogP contribution in [0.25, 0.3) is 0 Å². The van der Waals surface area contributed by atoms with Crippen LogP contribution in [0.1, 0.15) is 44.2 Å². The van der Waals surface area contributed by atoms with E-state index in [1.165, 1.54) is 12.1 Å². The van der Waals surface area contributed by atoms with E-state index in [0.29, 0.717) is 12.2 Å². The normalized spacial score (nSPS) is 20.0. The van der Waals surface area contributed by atoms with E-state index in [4.69, 9.17) is 10.5 Å². The van der Waals surface area contributed by atoms with Gasteiger partial charge >= 0.3 is 0 Å². The van der Waals surface area contributed by atoms with Gasteiger partial charge in [0.2, 0.25) is 0 Å². The Morgan fingerprint density at radius 1 is 1.33 bits per heavy atom. The number of nitrogens with two attached hydrogens (primary N) is 1. The van der Waals surface area contributed by atoms with E-state index < -0.39 is 23.3 Å². The Labute approximate surface area is 106 Å². The van der Waals surface area contributed by atoms with Gasteiger partial charge in [0.1, 0.15) is 11.6 Å². The molecule has 1 atom stereocenters. The lowest BCUT2D eigenvalue weighted by molar-refractivity contribution is -0.0543. The maximum absolute atomic E-state index is 13.8. The molecule has 1 saturated carbocycles. The number of ether oxygens (including phenoxy) is 1. The summed E-state index contributed by atoms with van der Waals surface area (Å²) in [6.07, 6.45) is 3.74. The molecule has 18 heavy (non-hydrogen) atoms. The van der Waals surface area contributed by atoms with Crippen molar-refractivity contribution < 1.29 is 13.5 Å². The first-order valence-electron chi connectivity index (χ1n) is 6.43. The van der Waals surface area contributed by atoms with E-state index >= 15 is 0 Å². The van der Waals surface area contributed by atoms with Crippen molar-refractivity contribution in [2.45, 2.75) is 44.2 Å². The molecule has 1 unspecified atom stereocenters. The van der Waals surface area contributed by atoms with Crippen molar-refractivity contribution >= 4 is 0 Å². The van der Waals surface area contributed by atoms with Crippen LogP contribution < -0.4 is 5.73 Å². The Kier molecular flexibility index (Phi) is 3.97. The zero-order chi connectivity index (χ0) is 13.2. The molecule has 1 aromatic rings. The molecule has 2 nitrogen and oxygen atoms in total. The lowest BCUT2D eigenvalue weighted by atomic mass is 9.87. The highest BCUT2D eigenvalue weighted by Gasteiger charge is 2.42. The van der Waals surface area contributed by atoms with Crippen molar-refractivity contribution in [3.05, 3.63) is 35.4 Å². The van der Waals surface area contributed by atoms with Gasteiger partial charge in [0.15, 0.2) is 0 Å². The molecule has 0 radical (unpaired) electrons. The van der Waals surface area contributed by atoms with Gasteiger partial charge in [-0.1, -0.05) is 18.9 Å². The zero-order valence-electron chi connectivity index (χ0n) is 10.6. The predicted octanol–water partition coefficient (Wildman–Crippen LogP) is 3.31. The molecule has 4 heteroatoms. The third-order valence-corrected chi connectivity index (χ3v) is 3.75. The summed E-state index contributed by atoms with van der Waals surface area (Å²) in [5.41, 5.74) is 6.03. The third kappa shape index (κ3) is 2.40. The fraction of sp³-hybridized carbons (Fsp3) is 0.571. The van der Waals surface area contributed by atoms with E-state index in [1.54, 1.807) is 0 Å². The Hall–Kier alpha value is -1.00. The van der Waals surface area contributed by atoms with E-state index in [9.17, 15) is 8.78 Å². The first-order chi connectivity index (χ1) is 8.59. The van der Waals surface area contributed by atoms with Crippen molar-refractivity contribution in [1.82, 2.24) is 0 Å². The van der Waals surface area contributed by atoms with Crippen molar-refractivity contribution in [3.63, 3.8) is 0 Å². The van der Waals surface area contributed by atoms with Gasteiger partial charge in [-0.05, 0) is 25.8 Å². The second kappa shape index (κ2) is 5.33. The zero-order valence-corrected chi connectivity index (χ0v) is 10.6. The topological polar surface area (TPSA) is 35.2 Å². The summed E-state index contributed by atoms with van der Waals surface area (Å²) in [6.45, 7) is 2.46. The van der Waals surface area contributed by atoms with Crippen molar-refractivity contribution in [3.8, 4) is 0 Å². The van der Waals surface area contributed by atoms with Crippen LogP contribution in [0.15, 0.2) is 18.2 Å². The van der Waals surface area contributed by atoms with Crippen molar-refractivity contribution in [1.29, 1.82) is 0 Å². The highest BCUT2D eigenvalue weighted by atomic mass is 19.1. The van der Waals surface area contributed by atoms with Gasteiger partial charge in [-0.25, -0.2) is 8.78 Å². The van der Waals surface area contributed by atoms with Crippen LogP contribution in [-0.2, 0) is 4.74 Å². The Bertz CT molecular complexity index is 416. The third-order valence-electron chi connectivity index (χ3n) is 3.75. The summed E-state index contributed by atoms with van der Waals surface area (Å²) >= 11 is 0. The second-order valence-corrected chi connectivity index (χ2v) is 4.85. The molecule has 1 aliphatic carbocycles. The van der Waals surface area contributed by atoms with Gasteiger partial charge in [0.05, 0.1) is 11.6 Å². The number of benzene rings is 1. The van der Waals surface area contributed by atoms with Crippen LogP contribution in [-0.4, -0.2) is 12.2 Å². The molecular formula is C14H19F2NO. The molecule has 1 fully saturated rings. The van der Waals surface area contributed by atoms with Crippen LogP contribution in [0.5, 0.6) is 0 Å². The highest BCUT2D eigenvalue weighted by molar-refractivity contribution is 5.25. The summed E-state index contributed by atoms with van der Waals surface area (Å²) in [5, 5.41) is 0. The van der Waals surface area contributed by atoms with E-state index in [1.807, 2.05) is 6.92 Å². The van der Waals surface area contributed by atoms with Gasteiger partial charge in [0, 0.05) is 18.2 Å². The lowest BCUT2D eigenvalue weighted by Crippen LogP contribution is -2.42. The first-order valence-corrected chi connectivity index (χ1v) is 6.43. The number of halogens is 2. The van der Waals surface area contributed by atoms with Crippen molar-refractivity contribution in [2.75, 3.05) is 6.61 Å². The van der Waals surface area contributed by atoms with Gasteiger partial charge in [-0.15, -0.1) is 0 Å². The van der Waals surface area contributed by atoms with E-state index in [2.05, 4.69) is 0 Å². The van der Waals surface area contributed by atoms with E-state index in [-0.39, 0.29) is 0 Å². The van der Waals surface area contributed by atoms with Crippen molar-refractivity contribution in [2.24, 2.45) is 5.73 Å². The maximum Gasteiger partial charge on any atom is 0.130 e. The molecule has 0 bridgehead atoms. The Morgan fingerprint density at radius 2 is 2.00 bits per heavy atom. The molecular weight excluding hydrogens is 236 g/mol. The molecule has 0 heterocycles. The van der Waals surface area contributed by atoms with Crippen LogP contribution in [0.2, 0.25) is 0 Å². The molecule has 0 amide bonds. The van der Waals surface area contributed by atoms with E-state index in [0.717, 1.165) is 31.7 Å². The monoisotopic (exact) mass is 255 g/mol. The van der Waals surface area contributed by atoms with Crippen LogP contribution >= 0.6 is 0 Å². The minimum atomic E-state index is -0.589. The minimum Gasteiger partial charge on any atom is -0.373 e. The quantitative estimate of drug-likeness (QED) is 0.895. The summed E-state index contributed by atoms with van der Waals surface area (Å²) in [7, 11) is 0. The molecule has 0 saturated heterocycles. The first kappa shape index (κ1) is 13.4. The molecule has 2 rings (SSSR count). The number of rotatable bonds is 4. The molecule has 2 N–H and O–H groups in total. The fourth-order valence-electron chi connectivity index (χ4n) is 2.84. The smallest absolute Gasteiger partial charge is 0.130 e. The van der Waals surface area contributed by atoms with Gasteiger partial charge in [-0.2, -0.15) is 0 Å². The minimum absolute atomic E-state index is 0.340. The van der Waals surface area contributed by atoms with Gasteiger partial charge < -0.3 is 10.5 Å². The van der Waals surface area contributed by atoms with Gasteiger partial charge in [-0.3, -0.25) is 0 Å². The van der Waals surface area contributed by atoms with Gasteiger partial charge in [0.25, 0.3) is 0 Å². The number of hydrogen-bond donors (Lipinski definition) is 1. The highest BCUT2D eigenvalue weighted by Crippen LogP contribution is 2.42. The SMILES string of the molecule is CCOC1(C(N)c2ccc(F)cc2F)CCCC1. The summed E-state index contributed by atoms with van der Waals surface area (Å²) < 4.78 is 32.5. The largest absolute Gasteiger partial charge is 0.373 e. The molecule has 1 aromatic carbocycles. The molecule has 0 spiro atoms. The molecule has 0 aromatic heterocycles. The Balaban J connectivity index is 2.30. The summed E-state index contributed by atoms with van der Waals surface area (Å²) in [6, 6.07) is 3.01. The van der Waals surface area contributed by atoms with Crippen LogP contribution in [0.3, 0.4) is 0 Å². The van der Waals surface area contributed by atoms with Crippen LogP contribution in [0, 0.1) is 11.6 Å². The summed E-state index contributed by atoms with van der Waals surface area (Å²) in [5.74, 6) is -1.17. The lowest BCUT2D eigenvalue weighted by Gasteiger charge is -2.35. The summed E-state index contributed by atoms with van der Waals surface area (Å²) in [4.78, 5) is 0. The average Bonchev–Trinajstić information content (AvgIpc) is 2.78. The molecule has 1 aliphatic rings. The second-order valence-electron chi connectivity index (χ2n) is 4.85. The molecule has 100 valence electrons.